The summed E-state index contributed by atoms with van der Waals surface area (Å²) in [4.78, 5) is 9.71. The first-order valence-electron chi connectivity index (χ1n) is 14.0. The molecule has 0 rings (SSSR count). The molecule has 0 saturated heterocycles. The van der Waals surface area contributed by atoms with Crippen molar-refractivity contribution in [1.82, 2.24) is 40.9 Å². The van der Waals surface area contributed by atoms with Crippen molar-refractivity contribution in [2.75, 3.05) is 158 Å². The van der Waals surface area contributed by atoms with Crippen molar-refractivity contribution in [1.29, 1.82) is 0 Å². The second kappa shape index (κ2) is 27.6. The smallest absolute Gasteiger partial charge is 0.0110 e. The van der Waals surface area contributed by atoms with Crippen LogP contribution in [0.25, 0.3) is 0 Å². The third-order valence-electron chi connectivity index (χ3n) is 6.29. The van der Waals surface area contributed by atoms with Gasteiger partial charge in [0.15, 0.2) is 0 Å². The number of nitrogens with zero attached hydrogens (tertiary/aromatic N) is 4. The lowest BCUT2D eigenvalue weighted by Crippen LogP contribution is -2.45. The normalized spacial score (nSPS) is 12.2. The van der Waals surface area contributed by atoms with E-state index in [0.717, 1.165) is 118 Å². The molecule has 0 bridgehead atoms. The van der Waals surface area contributed by atoms with Crippen LogP contribution >= 0.6 is 0 Å². The van der Waals surface area contributed by atoms with Crippen LogP contribution in [0.5, 0.6) is 0 Å². The molecule has 0 spiro atoms. The zero-order valence-electron chi connectivity index (χ0n) is 23.7. The highest BCUT2D eigenvalue weighted by Gasteiger charge is 2.09. The van der Waals surface area contributed by atoms with Gasteiger partial charge in [-0.05, 0) is 14.1 Å². The van der Waals surface area contributed by atoms with E-state index in [1.54, 1.807) is 0 Å². The number of nitrogens with one attached hydrogen (secondary N) is 4. The van der Waals surface area contributed by atoms with Crippen LogP contribution in [0.3, 0.4) is 0 Å². The largest absolute Gasteiger partial charge is 0.329 e. The molecular weight excluding hydrogens is 456 g/mol. The molecule has 0 saturated carbocycles. The monoisotopic (exact) mass is 519 g/mol. The van der Waals surface area contributed by atoms with Crippen molar-refractivity contribution < 1.29 is 0 Å². The summed E-state index contributed by atoms with van der Waals surface area (Å²) < 4.78 is 0. The van der Waals surface area contributed by atoms with Gasteiger partial charge in [0.25, 0.3) is 0 Å². The minimum atomic E-state index is 0.680. The van der Waals surface area contributed by atoms with Crippen molar-refractivity contribution in [3.8, 4) is 0 Å². The number of hydrogen-bond acceptors (Lipinski definition) is 12. The Morgan fingerprint density at radius 3 is 0.861 bits per heavy atom. The van der Waals surface area contributed by atoms with Gasteiger partial charge in [-0.25, -0.2) is 0 Å². The van der Waals surface area contributed by atoms with Crippen molar-refractivity contribution in [2.24, 2.45) is 22.9 Å². The number of likely N-dealkylation sites (N-methyl/N-ethyl adjacent to an activating group) is 2. The summed E-state index contributed by atoms with van der Waals surface area (Å²) in [5.74, 6) is 0. The van der Waals surface area contributed by atoms with Gasteiger partial charge in [0.2, 0.25) is 0 Å². The van der Waals surface area contributed by atoms with Gasteiger partial charge in [0.1, 0.15) is 0 Å². The minimum absolute atomic E-state index is 0.680. The van der Waals surface area contributed by atoms with Gasteiger partial charge in [-0.15, -0.1) is 0 Å². The summed E-state index contributed by atoms with van der Waals surface area (Å²) in [6.45, 7) is 20.5. The standard InChI is InChI=1S/C24H62N12/c1-29-7-17-33(13-3-25)19-9-31-11-21-35(15-5-27)23-24-36(16-6-28)22-12-32-10-20-34(14-4-26)18-8-30-2/h29-32H,3-28H2,1-2H3. The molecule has 0 aromatic carbocycles. The van der Waals surface area contributed by atoms with Crippen LogP contribution in [0.4, 0.5) is 0 Å². The Hall–Kier alpha value is -0.480. The van der Waals surface area contributed by atoms with Gasteiger partial charge in [0, 0.05) is 144 Å². The number of hydrogen-bond donors (Lipinski definition) is 8. The third kappa shape index (κ3) is 21.6. The lowest BCUT2D eigenvalue weighted by molar-refractivity contribution is 0.207. The van der Waals surface area contributed by atoms with Gasteiger partial charge in [-0.2, -0.15) is 0 Å². The molecule has 218 valence electrons. The summed E-state index contributed by atoms with van der Waals surface area (Å²) >= 11 is 0. The van der Waals surface area contributed by atoms with E-state index in [4.69, 9.17) is 22.9 Å². The average Bonchev–Trinajstić information content (AvgIpc) is 2.88. The van der Waals surface area contributed by atoms with Crippen LogP contribution in [-0.2, 0) is 0 Å². The van der Waals surface area contributed by atoms with Crippen molar-refractivity contribution in [3.05, 3.63) is 0 Å². The zero-order valence-corrected chi connectivity index (χ0v) is 23.7. The van der Waals surface area contributed by atoms with E-state index >= 15 is 0 Å². The van der Waals surface area contributed by atoms with Crippen LogP contribution in [-0.4, -0.2) is 178 Å². The molecule has 0 fully saturated rings. The van der Waals surface area contributed by atoms with Gasteiger partial charge < -0.3 is 44.2 Å². The molecule has 0 unspecified atom stereocenters. The maximum absolute atomic E-state index is 5.89. The minimum Gasteiger partial charge on any atom is -0.329 e. The molecule has 0 aliphatic carbocycles. The number of rotatable bonds is 29. The Morgan fingerprint density at radius 2 is 0.611 bits per heavy atom. The highest BCUT2D eigenvalue weighted by molar-refractivity contribution is 4.69. The molecule has 0 radical (unpaired) electrons. The summed E-state index contributed by atoms with van der Waals surface area (Å²) in [6.07, 6.45) is 0. The third-order valence-corrected chi connectivity index (χ3v) is 6.29. The maximum Gasteiger partial charge on any atom is 0.0110 e. The van der Waals surface area contributed by atoms with Gasteiger partial charge in [0.05, 0.1) is 0 Å². The second-order valence-corrected chi connectivity index (χ2v) is 9.23. The first-order chi connectivity index (χ1) is 17.6. The van der Waals surface area contributed by atoms with Gasteiger partial charge >= 0.3 is 0 Å². The quantitative estimate of drug-likeness (QED) is 0.0449. The molecule has 0 aromatic heterocycles. The molecule has 12 N–H and O–H groups in total. The molecule has 0 aliphatic heterocycles. The molecule has 12 heteroatoms. The van der Waals surface area contributed by atoms with Gasteiger partial charge in [-0.1, -0.05) is 0 Å². The predicted molar refractivity (Wildman–Crippen MR) is 156 cm³/mol. The summed E-state index contributed by atoms with van der Waals surface area (Å²) in [5.41, 5.74) is 23.3. The van der Waals surface area contributed by atoms with E-state index in [1.165, 1.54) is 0 Å². The first-order valence-corrected chi connectivity index (χ1v) is 14.0. The Balaban J connectivity index is 4.21. The van der Waals surface area contributed by atoms with Gasteiger partial charge in [-0.3, -0.25) is 19.6 Å². The molecule has 12 nitrogen and oxygen atoms in total. The summed E-state index contributed by atoms with van der Waals surface area (Å²) in [5, 5.41) is 13.6. The van der Waals surface area contributed by atoms with E-state index in [2.05, 4.69) is 40.9 Å². The van der Waals surface area contributed by atoms with Crippen molar-refractivity contribution in [3.63, 3.8) is 0 Å². The van der Waals surface area contributed by atoms with Crippen LogP contribution in [0, 0.1) is 0 Å². The molecule has 0 aliphatic rings. The summed E-state index contributed by atoms with van der Waals surface area (Å²) in [6, 6.07) is 0. The van der Waals surface area contributed by atoms with E-state index in [0.29, 0.717) is 26.2 Å². The van der Waals surface area contributed by atoms with E-state index in [-0.39, 0.29) is 0 Å². The average molecular weight is 519 g/mol. The van der Waals surface area contributed by atoms with Crippen LogP contribution in [0.15, 0.2) is 0 Å². The summed E-state index contributed by atoms with van der Waals surface area (Å²) in [7, 11) is 3.97. The fourth-order valence-electron chi connectivity index (χ4n) is 4.09. The maximum atomic E-state index is 5.89. The highest BCUT2D eigenvalue weighted by Crippen LogP contribution is 1.93. The van der Waals surface area contributed by atoms with Crippen LogP contribution in [0.1, 0.15) is 0 Å². The number of nitrogens with two attached hydrogens (primary N) is 4. The lowest BCUT2D eigenvalue weighted by Gasteiger charge is -2.28. The van der Waals surface area contributed by atoms with E-state index in [1.807, 2.05) is 14.1 Å². The van der Waals surface area contributed by atoms with Crippen LogP contribution in [0.2, 0.25) is 0 Å². The molecule has 0 amide bonds. The Labute approximate surface area is 222 Å². The fourth-order valence-corrected chi connectivity index (χ4v) is 4.09. The van der Waals surface area contributed by atoms with E-state index in [9.17, 15) is 0 Å². The second-order valence-electron chi connectivity index (χ2n) is 9.23. The van der Waals surface area contributed by atoms with E-state index < -0.39 is 0 Å². The van der Waals surface area contributed by atoms with Crippen LogP contribution < -0.4 is 44.2 Å². The Kier molecular flexibility index (Phi) is 27.2. The Bertz CT molecular complexity index is 394. The topological polar surface area (TPSA) is 165 Å². The fraction of sp³-hybridized carbons (Fsp3) is 1.00. The Morgan fingerprint density at radius 1 is 0.361 bits per heavy atom. The molecule has 0 heterocycles. The first kappa shape index (κ1) is 35.5. The van der Waals surface area contributed by atoms with Crippen molar-refractivity contribution >= 4 is 0 Å². The highest BCUT2D eigenvalue weighted by atomic mass is 15.2. The lowest BCUT2D eigenvalue weighted by atomic mass is 10.3. The molecule has 0 aromatic rings. The zero-order chi connectivity index (χ0) is 26.7. The molecule has 0 atom stereocenters. The molecular formula is C24H62N12. The van der Waals surface area contributed by atoms with Crippen molar-refractivity contribution in [2.45, 2.75) is 0 Å². The predicted octanol–water partition coefficient (Wildman–Crippen LogP) is -4.35. The molecule has 36 heavy (non-hydrogen) atoms. The SMILES string of the molecule is CNCCN(CCN)CCNCCN(CCN)CCN(CCN)CCNCCN(CCN)CCNC.